The van der Waals surface area contributed by atoms with E-state index in [0.717, 1.165) is 6.42 Å². The van der Waals surface area contributed by atoms with Crippen LogP contribution in [0.1, 0.15) is 26.7 Å². The Morgan fingerprint density at radius 3 is 2.60 bits per heavy atom. The first-order valence-corrected chi connectivity index (χ1v) is 12.7. The van der Waals surface area contributed by atoms with Gasteiger partial charge >= 0.3 is 12.4 Å². The van der Waals surface area contributed by atoms with Crippen LogP contribution < -0.4 is 16.0 Å². The molecule has 10 nitrogen and oxygen atoms in total. The van der Waals surface area contributed by atoms with Crippen LogP contribution in [0.25, 0.3) is 0 Å². The molecule has 4 aliphatic heterocycles. The van der Waals surface area contributed by atoms with Crippen molar-refractivity contribution in [3.63, 3.8) is 0 Å². The van der Waals surface area contributed by atoms with Crippen LogP contribution in [0.3, 0.4) is 0 Å². The van der Waals surface area contributed by atoms with Crippen molar-refractivity contribution in [3.8, 4) is 0 Å². The van der Waals surface area contributed by atoms with E-state index >= 15 is 0 Å². The fourth-order valence-corrected chi connectivity index (χ4v) is 7.13. The topological polar surface area (TPSA) is 131 Å². The zero-order valence-corrected chi connectivity index (χ0v) is 20.6. The van der Waals surface area contributed by atoms with Crippen molar-refractivity contribution < 1.29 is 33.1 Å². The first-order valence-electron chi connectivity index (χ1n) is 11.8. The Hall–Kier alpha value is -2.25. The lowest BCUT2D eigenvalue weighted by Crippen LogP contribution is -2.66. The average Bonchev–Trinajstić information content (AvgIpc) is 3.52. The largest absolute Gasteiger partial charge is 0.477 e. The SMILES string of the molecule is CN[C@@H]1CCN(C(=O)[C@@H]2C[C@H](SC3=C(C(=O)O)N4C(=O)[C@H](C(C)NC(=O)C(F)F)[C@H]4[C@H]3C)CN2)C1. The molecule has 35 heavy (non-hydrogen) atoms. The number of hydrogen-bond donors (Lipinski definition) is 4. The molecule has 3 saturated heterocycles. The molecule has 0 aliphatic carbocycles. The summed E-state index contributed by atoms with van der Waals surface area (Å²) in [4.78, 5) is 52.9. The van der Waals surface area contributed by atoms with Crippen molar-refractivity contribution in [1.82, 2.24) is 25.8 Å². The molecule has 0 aromatic carbocycles. The molecular weight excluding hydrogens is 484 g/mol. The number of nitrogens with zero attached hydrogens (tertiary/aromatic N) is 2. The van der Waals surface area contributed by atoms with Gasteiger partial charge in [0.25, 0.3) is 5.91 Å². The number of carbonyl (C=O) groups is 4. The monoisotopic (exact) mass is 515 g/mol. The van der Waals surface area contributed by atoms with E-state index in [0.29, 0.717) is 31.0 Å². The van der Waals surface area contributed by atoms with Crippen LogP contribution in [0.15, 0.2) is 10.6 Å². The minimum Gasteiger partial charge on any atom is -0.477 e. The summed E-state index contributed by atoms with van der Waals surface area (Å²) in [5.74, 6) is -4.27. The number of amides is 3. The number of likely N-dealkylation sites (N-methyl/N-ethyl adjacent to an activating group) is 1. The standard InChI is InChI=1S/C22H31F2N5O5S/c1-9-15-14(10(2)27-19(30)18(23)24)21(32)29(15)16(22(33)34)17(9)35-12-6-13(26-7-12)20(31)28-5-4-11(8-28)25-3/h9-15,18,25-26H,4-8H2,1-3H3,(H,27,30)(H,33,34)/t9-,10?,11-,12+,13+,14-,15-/m1/s1. The molecule has 0 spiro atoms. The molecule has 0 bridgehead atoms. The lowest BCUT2D eigenvalue weighted by atomic mass is 9.78. The highest BCUT2D eigenvalue weighted by atomic mass is 32.2. The highest BCUT2D eigenvalue weighted by molar-refractivity contribution is 8.03. The third-order valence-electron chi connectivity index (χ3n) is 7.49. The molecule has 7 atom stereocenters. The van der Waals surface area contributed by atoms with Crippen molar-refractivity contribution >= 4 is 35.5 Å². The third-order valence-corrected chi connectivity index (χ3v) is 9.00. The van der Waals surface area contributed by atoms with Crippen LogP contribution >= 0.6 is 11.8 Å². The Morgan fingerprint density at radius 2 is 2.00 bits per heavy atom. The molecule has 194 valence electrons. The van der Waals surface area contributed by atoms with E-state index in [1.54, 1.807) is 0 Å². The minimum atomic E-state index is -3.20. The molecule has 4 heterocycles. The molecule has 13 heteroatoms. The number of halogens is 2. The van der Waals surface area contributed by atoms with E-state index in [9.17, 15) is 33.1 Å². The van der Waals surface area contributed by atoms with Gasteiger partial charge < -0.3 is 30.9 Å². The Balaban J connectivity index is 1.43. The molecule has 0 saturated carbocycles. The fourth-order valence-electron chi connectivity index (χ4n) is 5.65. The summed E-state index contributed by atoms with van der Waals surface area (Å²) in [5.41, 5.74) is -0.0904. The second-order valence-corrected chi connectivity index (χ2v) is 11.0. The number of β-lactam (4-membered cyclic amide) rings is 1. The predicted octanol–water partition coefficient (Wildman–Crippen LogP) is -0.187. The van der Waals surface area contributed by atoms with Crippen molar-refractivity contribution in [3.05, 3.63) is 10.6 Å². The molecule has 1 unspecified atom stereocenters. The van der Waals surface area contributed by atoms with E-state index in [2.05, 4.69) is 16.0 Å². The van der Waals surface area contributed by atoms with Crippen LogP contribution in [0.5, 0.6) is 0 Å². The van der Waals surface area contributed by atoms with Gasteiger partial charge in [-0.2, -0.15) is 8.78 Å². The number of alkyl halides is 2. The lowest BCUT2D eigenvalue weighted by molar-refractivity contribution is -0.159. The fraction of sp³-hybridized carbons (Fsp3) is 0.727. The van der Waals surface area contributed by atoms with Gasteiger partial charge in [-0.15, -0.1) is 11.8 Å². The molecule has 4 aliphatic rings. The Kier molecular flexibility index (Phi) is 7.39. The number of hydrogen-bond acceptors (Lipinski definition) is 7. The zero-order valence-electron chi connectivity index (χ0n) is 19.8. The number of carboxylic acid groups (broad SMARTS) is 1. The summed E-state index contributed by atoms with van der Waals surface area (Å²) in [6.45, 7) is 5.18. The maximum absolute atomic E-state index is 12.9. The van der Waals surface area contributed by atoms with Gasteiger partial charge in [-0.05, 0) is 26.8 Å². The smallest absolute Gasteiger partial charge is 0.353 e. The van der Waals surface area contributed by atoms with E-state index < -0.39 is 42.2 Å². The first kappa shape index (κ1) is 25.8. The predicted molar refractivity (Wildman–Crippen MR) is 123 cm³/mol. The summed E-state index contributed by atoms with van der Waals surface area (Å²) in [6.07, 6.45) is -1.75. The van der Waals surface area contributed by atoms with Gasteiger partial charge in [0.15, 0.2) is 0 Å². The molecule has 3 amide bonds. The zero-order chi connectivity index (χ0) is 25.6. The summed E-state index contributed by atoms with van der Waals surface area (Å²) in [5, 5.41) is 18.4. The maximum atomic E-state index is 12.9. The maximum Gasteiger partial charge on any atom is 0.353 e. The van der Waals surface area contributed by atoms with Gasteiger partial charge in [-0.25, -0.2) is 4.79 Å². The van der Waals surface area contributed by atoms with Gasteiger partial charge in [0.05, 0.1) is 18.0 Å². The number of rotatable bonds is 8. The molecular formula is C22H31F2N5O5S. The summed E-state index contributed by atoms with van der Waals surface area (Å²) >= 11 is 1.36. The van der Waals surface area contributed by atoms with Crippen molar-refractivity contribution in [1.29, 1.82) is 0 Å². The second-order valence-electron chi connectivity index (χ2n) is 9.62. The van der Waals surface area contributed by atoms with E-state index in [-0.39, 0.29) is 34.9 Å². The molecule has 4 N–H and O–H groups in total. The van der Waals surface area contributed by atoms with E-state index in [4.69, 9.17) is 0 Å². The third kappa shape index (κ3) is 4.65. The van der Waals surface area contributed by atoms with Crippen LogP contribution in [0, 0.1) is 11.8 Å². The summed E-state index contributed by atoms with van der Waals surface area (Å²) in [6, 6.07) is -1.44. The van der Waals surface area contributed by atoms with Gasteiger partial charge in [-0.1, -0.05) is 6.92 Å². The average molecular weight is 516 g/mol. The number of carbonyl (C=O) groups excluding carboxylic acids is 3. The Bertz CT molecular complexity index is 949. The van der Waals surface area contributed by atoms with Crippen LogP contribution in [0.2, 0.25) is 0 Å². The quantitative estimate of drug-likeness (QED) is 0.328. The Morgan fingerprint density at radius 1 is 1.29 bits per heavy atom. The number of fused-ring (bicyclic) bond motifs is 1. The summed E-state index contributed by atoms with van der Waals surface area (Å²) < 4.78 is 25.3. The van der Waals surface area contributed by atoms with Gasteiger partial charge in [-0.3, -0.25) is 14.4 Å². The minimum absolute atomic E-state index is 0.0421. The molecule has 0 aromatic heterocycles. The number of carboxylic acids is 1. The van der Waals surface area contributed by atoms with Gasteiger partial charge in [0.2, 0.25) is 11.8 Å². The number of thioether (sulfide) groups is 1. The van der Waals surface area contributed by atoms with E-state index in [1.165, 1.54) is 23.6 Å². The highest BCUT2D eigenvalue weighted by Gasteiger charge is 2.60. The molecule has 3 fully saturated rings. The van der Waals surface area contributed by atoms with Gasteiger partial charge in [0, 0.05) is 47.8 Å². The Labute approximate surface area is 206 Å². The summed E-state index contributed by atoms with van der Waals surface area (Å²) in [7, 11) is 1.88. The van der Waals surface area contributed by atoms with Crippen LogP contribution in [-0.2, 0) is 19.2 Å². The number of nitrogens with one attached hydrogen (secondary N) is 3. The van der Waals surface area contributed by atoms with Crippen molar-refractivity contribution in [2.75, 3.05) is 26.7 Å². The van der Waals surface area contributed by atoms with Crippen molar-refractivity contribution in [2.45, 2.75) is 62.5 Å². The van der Waals surface area contributed by atoms with Crippen LogP contribution in [-0.4, -0.2) is 101 Å². The molecule has 0 aromatic rings. The number of aliphatic carboxylic acids is 1. The molecule has 4 rings (SSSR count). The van der Waals surface area contributed by atoms with Crippen molar-refractivity contribution in [2.24, 2.45) is 11.8 Å². The van der Waals surface area contributed by atoms with Crippen LogP contribution in [0.4, 0.5) is 8.78 Å². The van der Waals surface area contributed by atoms with Gasteiger partial charge in [0.1, 0.15) is 5.70 Å². The highest BCUT2D eigenvalue weighted by Crippen LogP contribution is 2.51. The second kappa shape index (κ2) is 10.0. The number of likely N-dealkylation sites (tertiary alicyclic amines) is 1. The first-order chi connectivity index (χ1) is 16.5. The normalized spacial score (nSPS) is 33.3. The lowest BCUT2D eigenvalue weighted by Gasteiger charge is -2.47. The van der Waals surface area contributed by atoms with E-state index in [1.807, 2.05) is 18.9 Å². The molecule has 0 radical (unpaired) electrons.